The van der Waals surface area contributed by atoms with Gasteiger partial charge in [-0.2, -0.15) is 4.31 Å². The van der Waals surface area contributed by atoms with Crippen LogP contribution in [0.5, 0.6) is 11.5 Å². The first-order chi connectivity index (χ1) is 16.4. The van der Waals surface area contributed by atoms with Gasteiger partial charge in [-0.3, -0.25) is 9.78 Å². The highest BCUT2D eigenvalue weighted by molar-refractivity contribution is 7.89. The summed E-state index contributed by atoms with van der Waals surface area (Å²) in [6.45, 7) is 3.49. The van der Waals surface area contributed by atoms with E-state index < -0.39 is 10.0 Å². The number of benzene rings is 2. The van der Waals surface area contributed by atoms with Gasteiger partial charge in [0.1, 0.15) is 0 Å². The van der Waals surface area contributed by atoms with E-state index in [-0.39, 0.29) is 29.8 Å². The van der Waals surface area contributed by atoms with Gasteiger partial charge in [0.05, 0.1) is 29.3 Å². The van der Waals surface area contributed by atoms with Crippen LogP contribution < -0.4 is 14.8 Å². The SMILES string of the molecule is Cc1cc(NC(=O)C2CCN(S(=O)(=O)c3ccc4c(c3)OCCCO4)CC2)c2ccccc2n1. The number of carbonyl (C=O) groups is 1. The maximum Gasteiger partial charge on any atom is 0.243 e. The first kappa shape index (κ1) is 22.6. The van der Waals surface area contributed by atoms with Crippen LogP contribution in [-0.4, -0.2) is 49.9 Å². The average Bonchev–Trinajstić information content (AvgIpc) is 3.09. The number of nitrogens with one attached hydrogen (secondary N) is 1. The highest BCUT2D eigenvalue weighted by Crippen LogP contribution is 2.34. The number of pyridine rings is 1. The fourth-order valence-corrected chi connectivity index (χ4v) is 5.94. The fraction of sp³-hybridized carbons (Fsp3) is 0.360. The second-order valence-electron chi connectivity index (χ2n) is 8.65. The monoisotopic (exact) mass is 481 g/mol. The zero-order valence-electron chi connectivity index (χ0n) is 19.0. The molecule has 2 aliphatic heterocycles. The van der Waals surface area contributed by atoms with E-state index in [0.717, 1.165) is 28.7 Å². The van der Waals surface area contributed by atoms with Gasteiger partial charge in [-0.1, -0.05) is 18.2 Å². The van der Waals surface area contributed by atoms with Crippen molar-refractivity contribution in [1.29, 1.82) is 0 Å². The Morgan fingerprint density at radius 2 is 1.76 bits per heavy atom. The smallest absolute Gasteiger partial charge is 0.243 e. The number of piperidine rings is 1. The Bertz CT molecular complexity index is 1330. The standard InChI is InChI=1S/C25H27N3O5S/c1-17-15-22(20-5-2-3-6-21(20)26-17)27-25(29)18-9-11-28(12-10-18)34(30,31)19-7-8-23-24(16-19)33-14-4-13-32-23/h2-3,5-8,15-16,18H,4,9-14H2,1H3,(H,26,27,29). The van der Waals surface area contributed by atoms with Gasteiger partial charge >= 0.3 is 0 Å². The number of hydrogen-bond donors (Lipinski definition) is 1. The lowest BCUT2D eigenvalue weighted by Crippen LogP contribution is -2.41. The molecule has 178 valence electrons. The topological polar surface area (TPSA) is 97.8 Å². The van der Waals surface area contributed by atoms with E-state index in [9.17, 15) is 13.2 Å². The summed E-state index contributed by atoms with van der Waals surface area (Å²) in [6.07, 6.45) is 1.66. The van der Waals surface area contributed by atoms with Crippen LogP contribution in [0.15, 0.2) is 53.4 Å². The number of amides is 1. The number of rotatable bonds is 4. The maximum atomic E-state index is 13.2. The fourth-order valence-electron chi connectivity index (χ4n) is 4.46. The third-order valence-corrected chi connectivity index (χ3v) is 8.18. The molecule has 8 nitrogen and oxygen atoms in total. The van der Waals surface area contributed by atoms with Crippen molar-refractivity contribution >= 4 is 32.5 Å². The molecule has 1 fully saturated rings. The average molecular weight is 482 g/mol. The summed E-state index contributed by atoms with van der Waals surface area (Å²) < 4.78 is 39.2. The van der Waals surface area contributed by atoms with Gasteiger partial charge in [-0.25, -0.2) is 8.42 Å². The van der Waals surface area contributed by atoms with Crippen molar-refractivity contribution < 1.29 is 22.7 Å². The summed E-state index contributed by atoms with van der Waals surface area (Å²) in [4.78, 5) is 17.7. The van der Waals surface area contributed by atoms with Crippen molar-refractivity contribution in [2.24, 2.45) is 5.92 Å². The second kappa shape index (κ2) is 9.23. The Morgan fingerprint density at radius 1 is 1.03 bits per heavy atom. The van der Waals surface area contributed by atoms with Crippen LogP contribution in [0.4, 0.5) is 5.69 Å². The molecule has 1 aromatic heterocycles. The summed E-state index contributed by atoms with van der Waals surface area (Å²) in [5.74, 6) is 0.657. The number of para-hydroxylation sites is 1. The zero-order chi connectivity index (χ0) is 23.7. The van der Waals surface area contributed by atoms with Crippen LogP contribution in [0.25, 0.3) is 10.9 Å². The van der Waals surface area contributed by atoms with E-state index in [2.05, 4.69) is 10.3 Å². The van der Waals surface area contributed by atoms with E-state index in [1.807, 2.05) is 37.3 Å². The first-order valence-electron chi connectivity index (χ1n) is 11.5. The Kier molecular flexibility index (Phi) is 6.14. The molecular formula is C25H27N3O5S. The number of fused-ring (bicyclic) bond motifs is 2. The lowest BCUT2D eigenvalue weighted by atomic mass is 9.97. The molecule has 9 heteroatoms. The number of carbonyl (C=O) groups excluding carboxylic acids is 1. The molecule has 0 bridgehead atoms. The highest BCUT2D eigenvalue weighted by Gasteiger charge is 2.33. The molecule has 0 radical (unpaired) electrons. The third-order valence-electron chi connectivity index (χ3n) is 6.28. The number of ether oxygens (including phenoxy) is 2. The molecule has 34 heavy (non-hydrogen) atoms. The van der Waals surface area contributed by atoms with E-state index in [0.29, 0.717) is 37.6 Å². The Hall–Kier alpha value is -3.17. The van der Waals surface area contributed by atoms with Crippen molar-refractivity contribution in [1.82, 2.24) is 9.29 Å². The quantitative estimate of drug-likeness (QED) is 0.610. The molecule has 0 spiro atoms. The summed E-state index contributed by atoms with van der Waals surface area (Å²) in [5, 5.41) is 3.93. The second-order valence-corrected chi connectivity index (χ2v) is 10.6. The highest BCUT2D eigenvalue weighted by atomic mass is 32.2. The summed E-state index contributed by atoms with van der Waals surface area (Å²) in [5.41, 5.74) is 2.38. The lowest BCUT2D eigenvalue weighted by molar-refractivity contribution is -0.120. The molecule has 0 unspecified atom stereocenters. The molecule has 0 aliphatic carbocycles. The number of sulfonamides is 1. The van der Waals surface area contributed by atoms with Gasteiger partial charge in [0.25, 0.3) is 0 Å². The van der Waals surface area contributed by atoms with Gasteiger partial charge in [0, 0.05) is 42.6 Å². The molecule has 2 aromatic carbocycles. The molecule has 5 rings (SSSR count). The summed E-state index contributed by atoms with van der Waals surface area (Å²) in [7, 11) is -3.69. The Labute approximate surface area is 198 Å². The van der Waals surface area contributed by atoms with Crippen LogP contribution in [0, 0.1) is 12.8 Å². The maximum absolute atomic E-state index is 13.2. The molecule has 3 aromatic rings. The van der Waals surface area contributed by atoms with E-state index in [1.54, 1.807) is 12.1 Å². The number of hydrogen-bond acceptors (Lipinski definition) is 6. The Balaban J connectivity index is 1.27. The van der Waals surface area contributed by atoms with Gasteiger partial charge in [-0.15, -0.1) is 0 Å². The first-order valence-corrected chi connectivity index (χ1v) is 12.9. The minimum absolute atomic E-state index is 0.0941. The molecular weight excluding hydrogens is 454 g/mol. The van der Waals surface area contributed by atoms with Gasteiger partial charge < -0.3 is 14.8 Å². The lowest BCUT2D eigenvalue weighted by Gasteiger charge is -2.30. The molecule has 0 atom stereocenters. The van der Waals surface area contributed by atoms with E-state index in [1.165, 1.54) is 10.4 Å². The number of anilines is 1. The minimum atomic E-state index is -3.69. The van der Waals surface area contributed by atoms with E-state index in [4.69, 9.17) is 9.47 Å². The molecule has 1 saturated heterocycles. The molecule has 1 amide bonds. The van der Waals surface area contributed by atoms with Crippen LogP contribution in [-0.2, 0) is 14.8 Å². The molecule has 0 saturated carbocycles. The van der Waals surface area contributed by atoms with Crippen molar-refractivity contribution in [2.75, 3.05) is 31.6 Å². The van der Waals surface area contributed by atoms with Gasteiger partial charge in [0.2, 0.25) is 15.9 Å². The number of nitrogens with zero attached hydrogens (tertiary/aromatic N) is 2. The third kappa shape index (κ3) is 4.45. The largest absolute Gasteiger partial charge is 0.490 e. The minimum Gasteiger partial charge on any atom is -0.490 e. The van der Waals surface area contributed by atoms with Crippen molar-refractivity contribution in [3.05, 3.63) is 54.2 Å². The molecule has 3 heterocycles. The molecule has 2 aliphatic rings. The van der Waals surface area contributed by atoms with Crippen LogP contribution in [0.3, 0.4) is 0 Å². The Morgan fingerprint density at radius 3 is 2.56 bits per heavy atom. The number of aryl methyl sites for hydroxylation is 1. The van der Waals surface area contributed by atoms with Crippen LogP contribution >= 0.6 is 0 Å². The predicted octanol–water partition coefficient (Wildman–Crippen LogP) is 3.74. The summed E-state index contributed by atoms with van der Waals surface area (Å²) in [6, 6.07) is 14.3. The van der Waals surface area contributed by atoms with E-state index >= 15 is 0 Å². The normalized spacial score (nSPS) is 17.3. The van der Waals surface area contributed by atoms with Crippen molar-refractivity contribution in [2.45, 2.75) is 31.1 Å². The van der Waals surface area contributed by atoms with Crippen LogP contribution in [0.2, 0.25) is 0 Å². The van der Waals surface area contributed by atoms with Crippen molar-refractivity contribution in [3.8, 4) is 11.5 Å². The zero-order valence-corrected chi connectivity index (χ0v) is 19.8. The molecule has 1 N–H and O–H groups in total. The number of aromatic nitrogens is 1. The predicted molar refractivity (Wildman–Crippen MR) is 129 cm³/mol. The van der Waals surface area contributed by atoms with Crippen LogP contribution in [0.1, 0.15) is 25.0 Å². The summed E-state index contributed by atoms with van der Waals surface area (Å²) >= 11 is 0. The van der Waals surface area contributed by atoms with Crippen molar-refractivity contribution in [3.63, 3.8) is 0 Å². The van der Waals surface area contributed by atoms with Gasteiger partial charge in [0.15, 0.2) is 11.5 Å². The van der Waals surface area contributed by atoms with Gasteiger partial charge in [-0.05, 0) is 44.0 Å².